The summed E-state index contributed by atoms with van der Waals surface area (Å²) in [7, 11) is 0. The second kappa shape index (κ2) is 30.0. The molecule has 2 aromatic carbocycles. The predicted octanol–water partition coefficient (Wildman–Crippen LogP) is 1.01. The Balaban J connectivity index is 2.51. The van der Waals surface area contributed by atoms with E-state index in [-0.39, 0.29) is 38.2 Å². The number of ether oxygens (including phenoxy) is 1. The molecular weight excluding hydrogens is 939 g/mol. The van der Waals surface area contributed by atoms with Gasteiger partial charge in [0.05, 0.1) is 18.9 Å². The van der Waals surface area contributed by atoms with Gasteiger partial charge in [0.25, 0.3) is 12.4 Å². The SMILES string of the molecule is CC#CC[C@H](NC(=O)[C@H](CC(C)C)NC(=O)[C@@H](NC(=O)[C@H](Cc1ccccc1C)NC(=O)[C@H](CCC(=O)O)NC(=O)[C@H](CC(=O)O)NC(=O)CCC(=O)O)C(C)(C)C)C(OC=O)C(=O)NCc1ccccc1. The van der Waals surface area contributed by atoms with Crippen molar-refractivity contribution in [1.29, 1.82) is 0 Å². The van der Waals surface area contributed by atoms with E-state index in [1.165, 1.54) is 6.92 Å². The summed E-state index contributed by atoms with van der Waals surface area (Å²) >= 11 is 0. The molecule has 7 amide bonds. The summed E-state index contributed by atoms with van der Waals surface area (Å²) in [5, 5.41) is 45.7. The van der Waals surface area contributed by atoms with Crippen LogP contribution in [0.5, 0.6) is 0 Å². The molecule has 22 nitrogen and oxygen atoms in total. The number of carbonyl (C=O) groups is 11. The monoisotopic (exact) mass is 1010 g/mol. The van der Waals surface area contributed by atoms with E-state index in [9.17, 15) is 63.0 Å². The number of carboxylic acid groups (broad SMARTS) is 3. The standard InChI is InChI=1S/C50H67N7O15/c1-8-9-19-33(42(72-28-58)48(70)51-27-31-16-11-10-12-17-31)53-45(67)35(24-29(2)3)56-49(71)43(50(5,6)7)57-47(69)36(25-32-18-14-13-15-30(32)4)55-44(66)34(20-22-39(60)61)54-46(68)37(26-41(64)65)52-38(59)21-23-40(62)63/h10-18,28-29,33-37,42-43H,19-27H2,1-7H3,(H,51,70)(H,52,59)(H,53,67)(H,54,68)(H,55,66)(H,56,71)(H,57,69)(H,60,61)(H,62,63)(H,64,65)/t33-,34-,35-,36-,37-,42?,43+/m0/s1. The Morgan fingerprint density at radius 2 is 1.22 bits per heavy atom. The summed E-state index contributed by atoms with van der Waals surface area (Å²) < 4.78 is 5.19. The topological polar surface area (TPSA) is 342 Å². The van der Waals surface area contributed by atoms with Gasteiger partial charge in [-0.05, 0) is 54.7 Å². The molecule has 2 aromatic rings. The fourth-order valence-electron chi connectivity index (χ4n) is 7.11. The maximum atomic E-state index is 14.5. The Morgan fingerprint density at radius 1 is 0.653 bits per heavy atom. The van der Waals surface area contributed by atoms with Gasteiger partial charge in [-0.2, -0.15) is 0 Å². The van der Waals surface area contributed by atoms with Crippen LogP contribution in [0, 0.1) is 30.1 Å². The van der Waals surface area contributed by atoms with Gasteiger partial charge in [0.2, 0.25) is 41.5 Å². The lowest BCUT2D eigenvalue weighted by Gasteiger charge is -2.34. The number of amides is 7. The molecule has 0 aliphatic rings. The molecule has 0 saturated heterocycles. The lowest BCUT2D eigenvalue weighted by molar-refractivity contribution is -0.148. The van der Waals surface area contributed by atoms with Crippen molar-refractivity contribution in [2.75, 3.05) is 0 Å². The van der Waals surface area contributed by atoms with Crippen molar-refractivity contribution in [1.82, 2.24) is 37.2 Å². The van der Waals surface area contributed by atoms with Gasteiger partial charge in [-0.3, -0.25) is 52.7 Å². The van der Waals surface area contributed by atoms with Crippen molar-refractivity contribution in [3.63, 3.8) is 0 Å². The highest BCUT2D eigenvalue weighted by atomic mass is 16.5. The zero-order chi connectivity index (χ0) is 54.1. The lowest BCUT2D eigenvalue weighted by atomic mass is 9.85. The first-order valence-electron chi connectivity index (χ1n) is 23.2. The zero-order valence-corrected chi connectivity index (χ0v) is 41.5. The predicted molar refractivity (Wildman–Crippen MR) is 259 cm³/mol. The van der Waals surface area contributed by atoms with Gasteiger partial charge in [-0.1, -0.05) is 89.2 Å². The molecule has 22 heteroatoms. The third kappa shape index (κ3) is 21.9. The fraction of sp³-hybridized carbons (Fsp3) is 0.500. The Labute approximate surface area is 417 Å². The van der Waals surface area contributed by atoms with E-state index in [1.54, 1.807) is 96.1 Å². The Kier molecular flexibility index (Phi) is 25.1. The largest absolute Gasteiger partial charge is 0.481 e. The number of aryl methyl sites for hydroxylation is 1. The summed E-state index contributed by atoms with van der Waals surface area (Å²) in [5.41, 5.74) is 0.927. The third-order valence-electron chi connectivity index (χ3n) is 10.9. The van der Waals surface area contributed by atoms with E-state index in [2.05, 4.69) is 49.1 Å². The van der Waals surface area contributed by atoms with Crippen molar-refractivity contribution in [3.05, 3.63) is 71.3 Å². The molecule has 392 valence electrons. The lowest BCUT2D eigenvalue weighted by Crippen LogP contribution is -2.62. The molecule has 0 heterocycles. The van der Waals surface area contributed by atoms with Crippen LogP contribution in [-0.4, -0.2) is 123 Å². The van der Waals surface area contributed by atoms with Crippen LogP contribution in [0.1, 0.15) is 103 Å². The molecule has 0 radical (unpaired) electrons. The highest BCUT2D eigenvalue weighted by Gasteiger charge is 2.39. The van der Waals surface area contributed by atoms with Crippen LogP contribution < -0.4 is 37.2 Å². The van der Waals surface area contributed by atoms with Crippen LogP contribution in [0.4, 0.5) is 0 Å². The number of benzene rings is 2. The van der Waals surface area contributed by atoms with Gasteiger partial charge < -0.3 is 57.3 Å². The fourth-order valence-corrected chi connectivity index (χ4v) is 7.11. The number of aliphatic carboxylic acids is 3. The highest BCUT2D eigenvalue weighted by Crippen LogP contribution is 2.21. The van der Waals surface area contributed by atoms with Crippen molar-refractivity contribution in [2.24, 2.45) is 11.3 Å². The van der Waals surface area contributed by atoms with Crippen molar-refractivity contribution >= 4 is 65.7 Å². The van der Waals surface area contributed by atoms with E-state index in [4.69, 9.17) is 9.84 Å². The van der Waals surface area contributed by atoms with Gasteiger partial charge in [0.1, 0.15) is 30.2 Å². The molecule has 0 bridgehead atoms. The van der Waals surface area contributed by atoms with Gasteiger partial charge >= 0.3 is 17.9 Å². The van der Waals surface area contributed by atoms with E-state index < -0.39 is 139 Å². The molecule has 0 aliphatic heterocycles. The van der Waals surface area contributed by atoms with Crippen LogP contribution >= 0.6 is 0 Å². The van der Waals surface area contributed by atoms with Gasteiger partial charge in [-0.25, -0.2) is 0 Å². The van der Waals surface area contributed by atoms with Crippen molar-refractivity contribution in [2.45, 2.75) is 149 Å². The molecule has 0 fully saturated rings. The highest BCUT2D eigenvalue weighted by molar-refractivity contribution is 5.98. The minimum absolute atomic E-state index is 0.0583. The molecule has 72 heavy (non-hydrogen) atoms. The van der Waals surface area contributed by atoms with Crippen LogP contribution in [0.2, 0.25) is 0 Å². The van der Waals surface area contributed by atoms with E-state index in [1.807, 2.05) is 0 Å². The molecule has 0 saturated carbocycles. The molecule has 7 atom stereocenters. The third-order valence-corrected chi connectivity index (χ3v) is 10.9. The Hall–Kier alpha value is -7.83. The van der Waals surface area contributed by atoms with Crippen LogP contribution in [0.15, 0.2) is 54.6 Å². The Morgan fingerprint density at radius 3 is 1.79 bits per heavy atom. The summed E-state index contributed by atoms with van der Waals surface area (Å²) in [4.78, 5) is 142. The van der Waals surface area contributed by atoms with Crippen molar-refractivity contribution in [3.8, 4) is 11.8 Å². The molecule has 1 unspecified atom stereocenters. The summed E-state index contributed by atoms with van der Waals surface area (Å²) in [5.74, 6) is -5.53. The van der Waals surface area contributed by atoms with E-state index in [0.29, 0.717) is 11.1 Å². The molecule has 0 aliphatic carbocycles. The molecular formula is C50H67N7O15. The smallest absolute Gasteiger partial charge is 0.305 e. The normalized spacial score (nSPS) is 13.8. The van der Waals surface area contributed by atoms with Crippen LogP contribution in [0.25, 0.3) is 0 Å². The van der Waals surface area contributed by atoms with Crippen LogP contribution in [-0.2, 0) is 70.4 Å². The first-order valence-corrected chi connectivity index (χ1v) is 23.2. The second-order valence-corrected chi connectivity index (χ2v) is 18.4. The quantitative estimate of drug-likeness (QED) is 0.0386. The molecule has 10 N–H and O–H groups in total. The van der Waals surface area contributed by atoms with Gasteiger partial charge in [-0.15, -0.1) is 11.8 Å². The summed E-state index contributed by atoms with van der Waals surface area (Å²) in [6.07, 6.45) is -5.33. The number of hydrogen-bond donors (Lipinski definition) is 10. The average Bonchev–Trinajstić information content (AvgIpc) is 3.30. The van der Waals surface area contributed by atoms with E-state index >= 15 is 0 Å². The molecule has 2 rings (SSSR count). The number of rotatable bonds is 30. The number of hydrogen-bond acceptors (Lipinski definition) is 12. The van der Waals surface area contributed by atoms with Crippen LogP contribution in [0.3, 0.4) is 0 Å². The minimum atomic E-state index is -1.82. The number of carboxylic acids is 3. The minimum Gasteiger partial charge on any atom is -0.481 e. The summed E-state index contributed by atoms with van der Waals surface area (Å²) in [6, 6.07) is 6.77. The van der Waals surface area contributed by atoms with Gasteiger partial charge in [0, 0.05) is 32.2 Å². The first-order chi connectivity index (χ1) is 33.9. The number of carbonyl (C=O) groups excluding carboxylic acids is 8. The molecule has 0 aromatic heterocycles. The zero-order valence-electron chi connectivity index (χ0n) is 41.5. The average molecular weight is 1010 g/mol. The van der Waals surface area contributed by atoms with Crippen molar-refractivity contribution < 1.29 is 72.8 Å². The summed E-state index contributed by atoms with van der Waals surface area (Å²) in [6.45, 7) is 11.9. The first kappa shape index (κ1) is 60.3. The maximum Gasteiger partial charge on any atom is 0.305 e. The second-order valence-electron chi connectivity index (χ2n) is 18.4. The molecule has 0 spiro atoms. The Bertz CT molecular complexity index is 2310. The number of nitrogens with one attached hydrogen (secondary N) is 7. The van der Waals surface area contributed by atoms with E-state index in [0.717, 1.165) is 5.56 Å². The maximum absolute atomic E-state index is 14.5. The van der Waals surface area contributed by atoms with Gasteiger partial charge in [0.15, 0.2) is 0 Å².